The minimum atomic E-state index is -0.336. The fourth-order valence-corrected chi connectivity index (χ4v) is 4.79. The number of carbonyl (C=O) groups excluding carboxylic acids is 1. The first-order valence-corrected chi connectivity index (χ1v) is 10.4. The highest BCUT2D eigenvalue weighted by atomic mass is 16.5. The highest BCUT2D eigenvalue weighted by molar-refractivity contribution is 5.84. The molecular formula is C20H32N6O2. The first-order valence-electron chi connectivity index (χ1n) is 10.4. The maximum Gasteiger partial charge on any atom is 0.232 e. The number of ether oxygens (including phenoxy) is 1. The third-order valence-corrected chi connectivity index (χ3v) is 6.61. The number of nitrogens with zero attached hydrogens (tertiary/aromatic N) is 6. The van der Waals surface area contributed by atoms with E-state index in [1.165, 1.54) is 5.57 Å². The van der Waals surface area contributed by atoms with E-state index in [1.807, 2.05) is 4.68 Å². The average Bonchev–Trinajstić information content (AvgIpc) is 3.42. The third kappa shape index (κ3) is 3.86. The third-order valence-electron chi connectivity index (χ3n) is 6.61. The van der Waals surface area contributed by atoms with Crippen molar-refractivity contribution in [2.75, 3.05) is 65.6 Å². The van der Waals surface area contributed by atoms with Gasteiger partial charge in [0.2, 0.25) is 5.91 Å². The summed E-state index contributed by atoms with van der Waals surface area (Å²) in [5.74, 6) is 0.640. The second-order valence-electron chi connectivity index (χ2n) is 8.47. The van der Waals surface area contributed by atoms with E-state index in [0.717, 1.165) is 65.5 Å². The zero-order valence-electron chi connectivity index (χ0n) is 17.1. The molecule has 3 aliphatic heterocycles. The number of likely N-dealkylation sites (tertiary alicyclic amines) is 1. The van der Waals surface area contributed by atoms with Crippen molar-refractivity contribution in [2.45, 2.75) is 20.4 Å². The minimum absolute atomic E-state index is 0.312. The van der Waals surface area contributed by atoms with Crippen LogP contribution in [-0.2, 0) is 16.1 Å². The van der Waals surface area contributed by atoms with Crippen molar-refractivity contribution in [3.05, 3.63) is 24.3 Å². The van der Waals surface area contributed by atoms with Crippen LogP contribution >= 0.6 is 0 Å². The van der Waals surface area contributed by atoms with Gasteiger partial charge in [0.1, 0.15) is 12.7 Å². The molecule has 8 nitrogen and oxygen atoms in total. The van der Waals surface area contributed by atoms with Crippen molar-refractivity contribution in [1.82, 2.24) is 29.5 Å². The van der Waals surface area contributed by atoms with Gasteiger partial charge in [-0.05, 0) is 13.8 Å². The summed E-state index contributed by atoms with van der Waals surface area (Å²) in [6.45, 7) is 13.5. The smallest absolute Gasteiger partial charge is 0.232 e. The molecule has 1 amide bonds. The molecule has 4 rings (SSSR count). The molecule has 0 bridgehead atoms. The van der Waals surface area contributed by atoms with E-state index < -0.39 is 0 Å². The molecule has 3 saturated heterocycles. The fraction of sp³-hybridized carbons (Fsp3) is 0.750. The number of aromatic nitrogens is 3. The van der Waals surface area contributed by atoms with Gasteiger partial charge in [-0.3, -0.25) is 19.3 Å². The molecule has 0 unspecified atom stereocenters. The number of carbonyl (C=O) groups is 1. The van der Waals surface area contributed by atoms with Crippen LogP contribution in [0.25, 0.3) is 0 Å². The first kappa shape index (κ1) is 19.5. The summed E-state index contributed by atoms with van der Waals surface area (Å²) in [6, 6.07) is 0. The van der Waals surface area contributed by atoms with Crippen LogP contribution in [0.1, 0.15) is 13.8 Å². The number of fused-ring (bicyclic) bond motifs is 1. The second-order valence-corrected chi connectivity index (χ2v) is 8.47. The van der Waals surface area contributed by atoms with E-state index in [2.05, 4.69) is 44.7 Å². The summed E-state index contributed by atoms with van der Waals surface area (Å²) in [7, 11) is 0. The Morgan fingerprint density at radius 1 is 1.25 bits per heavy atom. The normalized spacial score (nSPS) is 29.4. The quantitative estimate of drug-likeness (QED) is 0.655. The van der Waals surface area contributed by atoms with Crippen molar-refractivity contribution in [2.24, 2.45) is 11.3 Å². The van der Waals surface area contributed by atoms with Crippen molar-refractivity contribution in [1.29, 1.82) is 0 Å². The Morgan fingerprint density at radius 3 is 2.79 bits per heavy atom. The van der Waals surface area contributed by atoms with Gasteiger partial charge in [-0.25, -0.2) is 4.98 Å². The van der Waals surface area contributed by atoms with Crippen LogP contribution in [0.3, 0.4) is 0 Å². The molecule has 0 radical (unpaired) electrons. The summed E-state index contributed by atoms with van der Waals surface area (Å²) >= 11 is 0. The van der Waals surface area contributed by atoms with E-state index in [4.69, 9.17) is 4.74 Å². The number of allylic oxidation sites excluding steroid dienone is 1. The monoisotopic (exact) mass is 388 g/mol. The lowest BCUT2D eigenvalue weighted by Crippen LogP contribution is -2.55. The Morgan fingerprint density at radius 2 is 2.07 bits per heavy atom. The van der Waals surface area contributed by atoms with Crippen molar-refractivity contribution < 1.29 is 9.53 Å². The maximum atomic E-state index is 13.5. The minimum Gasteiger partial charge on any atom is -0.380 e. The van der Waals surface area contributed by atoms with Crippen LogP contribution in [0, 0.1) is 11.3 Å². The van der Waals surface area contributed by atoms with Gasteiger partial charge >= 0.3 is 0 Å². The highest BCUT2D eigenvalue weighted by Crippen LogP contribution is 2.43. The molecular weight excluding hydrogens is 356 g/mol. The van der Waals surface area contributed by atoms with Gasteiger partial charge in [0, 0.05) is 58.3 Å². The van der Waals surface area contributed by atoms with Gasteiger partial charge in [-0.1, -0.05) is 11.6 Å². The molecule has 3 aliphatic rings. The lowest BCUT2D eigenvalue weighted by atomic mass is 9.79. The molecule has 0 aromatic carbocycles. The first-order chi connectivity index (χ1) is 13.6. The highest BCUT2D eigenvalue weighted by Gasteiger charge is 2.56. The Labute approximate surface area is 167 Å². The van der Waals surface area contributed by atoms with E-state index >= 15 is 0 Å². The van der Waals surface area contributed by atoms with Crippen LogP contribution in [0.2, 0.25) is 0 Å². The van der Waals surface area contributed by atoms with E-state index in [-0.39, 0.29) is 5.41 Å². The van der Waals surface area contributed by atoms with Gasteiger partial charge in [-0.15, -0.1) is 0 Å². The van der Waals surface area contributed by atoms with Gasteiger partial charge in [0.15, 0.2) is 0 Å². The number of amides is 1. The van der Waals surface area contributed by atoms with Crippen LogP contribution < -0.4 is 0 Å². The second kappa shape index (κ2) is 8.31. The number of rotatable bonds is 6. The average molecular weight is 389 g/mol. The summed E-state index contributed by atoms with van der Waals surface area (Å²) in [5.41, 5.74) is 1.03. The van der Waals surface area contributed by atoms with Crippen molar-refractivity contribution >= 4 is 5.91 Å². The number of piperazine rings is 1. The Balaban J connectivity index is 1.32. The lowest BCUT2D eigenvalue weighted by molar-refractivity contribution is -0.144. The van der Waals surface area contributed by atoms with Crippen LogP contribution in [-0.4, -0.2) is 101 Å². The topological polar surface area (TPSA) is 66.7 Å². The molecule has 0 spiro atoms. The molecule has 2 atom stereocenters. The molecule has 0 N–H and O–H groups in total. The van der Waals surface area contributed by atoms with Gasteiger partial charge in [-0.2, -0.15) is 5.10 Å². The zero-order chi connectivity index (χ0) is 19.6. The molecule has 3 fully saturated rings. The number of hydrogen-bond acceptors (Lipinski definition) is 6. The summed E-state index contributed by atoms with van der Waals surface area (Å²) in [6.07, 6.45) is 5.48. The van der Waals surface area contributed by atoms with Gasteiger partial charge < -0.3 is 9.64 Å². The van der Waals surface area contributed by atoms with Gasteiger partial charge in [0.05, 0.1) is 25.2 Å². The van der Waals surface area contributed by atoms with Crippen LogP contribution in [0.4, 0.5) is 0 Å². The van der Waals surface area contributed by atoms with Crippen LogP contribution in [0.5, 0.6) is 0 Å². The molecule has 0 aliphatic carbocycles. The molecule has 8 heteroatoms. The zero-order valence-corrected chi connectivity index (χ0v) is 17.1. The van der Waals surface area contributed by atoms with Crippen molar-refractivity contribution in [3.8, 4) is 0 Å². The largest absolute Gasteiger partial charge is 0.380 e. The summed E-state index contributed by atoms with van der Waals surface area (Å²) in [5, 5.41) is 4.16. The Kier molecular flexibility index (Phi) is 5.80. The molecule has 0 saturated carbocycles. The Bertz CT molecular complexity index is 698. The molecule has 4 heterocycles. The summed E-state index contributed by atoms with van der Waals surface area (Å²) < 4.78 is 7.65. The number of hydrogen-bond donors (Lipinski definition) is 0. The van der Waals surface area contributed by atoms with Gasteiger partial charge in [0.25, 0.3) is 0 Å². The van der Waals surface area contributed by atoms with E-state index in [9.17, 15) is 4.79 Å². The van der Waals surface area contributed by atoms with E-state index in [1.54, 1.807) is 12.7 Å². The molecule has 154 valence electrons. The maximum absolute atomic E-state index is 13.5. The summed E-state index contributed by atoms with van der Waals surface area (Å²) in [4.78, 5) is 24.4. The predicted octanol–water partition coefficient (Wildman–Crippen LogP) is 0.337. The van der Waals surface area contributed by atoms with Crippen LogP contribution in [0.15, 0.2) is 24.3 Å². The lowest BCUT2D eigenvalue weighted by Gasteiger charge is -2.39. The van der Waals surface area contributed by atoms with E-state index in [0.29, 0.717) is 18.4 Å². The Hall–Kier alpha value is -1.77. The molecule has 1 aromatic heterocycles. The fourth-order valence-electron chi connectivity index (χ4n) is 4.79. The predicted molar refractivity (Wildman–Crippen MR) is 106 cm³/mol. The van der Waals surface area contributed by atoms with Crippen molar-refractivity contribution in [3.63, 3.8) is 0 Å². The molecule has 1 aromatic rings. The standard InChI is InChI=1S/C20H32N6O2/c1-3-17(2)10-24-11-18-12-28-14-20(18,13-24)19(27)25-7-4-23(5-8-25)6-9-26-16-21-15-22-26/h3,15-16,18H,4-14H2,1-2H3/t18-,20-/m1/s1. The molecule has 28 heavy (non-hydrogen) atoms. The SMILES string of the molecule is CC=C(C)CN1C[C@@H]2COC[C@]2(C(=O)N2CCN(CCn3cncn3)CC2)C1.